The van der Waals surface area contributed by atoms with Crippen molar-refractivity contribution in [1.82, 2.24) is 9.03 Å². The Balaban J connectivity index is 1.86. The Morgan fingerprint density at radius 3 is 2.17 bits per heavy atom. The van der Waals surface area contributed by atoms with Crippen molar-refractivity contribution in [2.45, 2.75) is 23.1 Å². The van der Waals surface area contributed by atoms with Gasteiger partial charge in [-0.2, -0.15) is 4.31 Å². The molecule has 3 rings (SSSR count). The van der Waals surface area contributed by atoms with Crippen molar-refractivity contribution in [2.24, 2.45) is 0 Å². The highest BCUT2D eigenvalue weighted by molar-refractivity contribution is 9.10. The third-order valence-corrected chi connectivity index (χ3v) is 9.13. The third kappa shape index (κ3) is 6.98. The molecule has 35 heavy (non-hydrogen) atoms. The largest absolute Gasteiger partial charge is 0.325 e. The first-order valence-electron chi connectivity index (χ1n) is 10.7. The molecule has 0 unspecified atom stereocenters. The maximum atomic E-state index is 13.4. The molecule has 186 valence electrons. The number of rotatable bonds is 10. The Morgan fingerprint density at radius 1 is 0.914 bits per heavy atom. The van der Waals surface area contributed by atoms with Gasteiger partial charge in [-0.1, -0.05) is 52.3 Å². The van der Waals surface area contributed by atoms with Gasteiger partial charge in [-0.15, -0.1) is 0 Å². The fourth-order valence-electron chi connectivity index (χ4n) is 3.31. The number of carbonyl (C=O) groups excluding carboxylic acids is 1. The summed E-state index contributed by atoms with van der Waals surface area (Å²) in [5, 5.41) is 2.66. The first-order chi connectivity index (χ1) is 16.5. The van der Waals surface area contributed by atoms with Crippen molar-refractivity contribution in [3.05, 3.63) is 88.4 Å². The Kier molecular flexibility index (Phi) is 8.84. The van der Waals surface area contributed by atoms with Gasteiger partial charge in [-0.05, 0) is 67.9 Å². The van der Waals surface area contributed by atoms with Crippen LogP contribution in [-0.4, -0.2) is 47.2 Å². The average molecular weight is 581 g/mol. The maximum absolute atomic E-state index is 13.4. The summed E-state index contributed by atoms with van der Waals surface area (Å²) < 4.78 is 55.2. The molecule has 0 aromatic heterocycles. The van der Waals surface area contributed by atoms with E-state index >= 15 is 0 Å². The lowest BCUT2D eigenvalue weighted by Crippen LogP contribution is -2.39. The first-order valence-corrected chi connectivity index (χ1v) is 14.4. The van der Waals surface area contributed by atoms with Crippen molar-refractivity contribution in [3.8, 4) is 0 Å². The van der Waals surface area contributed by atoms with Crippen molar-refractivity contribution in [2.75, 3.05) is 25.5 Å². The number of sulfonamides is 2. The van der Waals surface area contributed by atoms with E-state index in [9.17, 15) is 21.6 Å². The van der Waals surface area contributed by atoms with Crippen LogP contribution in [-0.2, 0) is 31.3 Å². The zero-order valence-corrected chi connectivity index (χ0v) is 22.5. The molecule has 8 nitrogen and oxygen atoms in total. The van der Waals surface area contributed by atoms with Gasteiger partial charge in [-0.25, -0.2) is 21.6 Å². The topological polar surface area (TPSA) is 113 Å². The number of benzene rings is 3. The van der Waals surface area contributed by atoms with Crippen LogP contribution in [0.1, 0.15) is 11.1 Å². The first kappa shape index (κ1) is 27.0. The van der Waals surface area contributed by atoms with E-state index in [-0.39, 0.29) is 22.0 Å². The lowest BCUT2D eigenvalue weighted by Gasteiger charge is -2.22. The summed E-state index contributed by atoms with van der Waals surface area (Å²) in [6.07, 6.45) is 0.415. The van der Waals surface area contributed by atoms with E-state index in [0.29, 0.717) is 12.0 Å². The second-order valence-corrected chi connectivity index (χ2v) is 12.5. The molecule has 0 aliphatic carbocycles. The molecule has 0 fully saturated rings. The zero-order chi connectivity index (χ0) is 25.6. The predicted octanol–water partition coefficient (Wildman–Crippen LogP) is 3.54. The van der Waals surface area contributed by atoms with E-state index in [1.54, 1.807) is 25.1 Å². The van der Waals surface area contributed by atoms with Crippen LogP contribution in [0.4, 0.5) is 5.69 Å². The number of hydrogen-bond donors (Lipinski definition) is 2. The second-order valence-electron chi connectivity index (χ2n) is 7.76. The quantitative estimate of drug-likeness (QED) is 0.381. The summed E-state index contributed by atoms with van der Waals surface area (Å²) >= 11 is 3.30. The predicted molar refractivity (Wildman–Crippen MR) is 139 cm³/mol. The molecular formula is C24H26BrN3O5S2. The molecule has 0 heterocycles. The highest BCUT2D eigenvalue weighted by Crippen LogP contribution is 2.22. The third-order valence-electron chi connectivity index (χ3n) is 5.33. The summed E-state index contributed by atoms with van der Waals surface area (Å²) in [4.78, 5) is 13.0. The minimum absolute atomic E-state index is 0.00989. The summed E-state index contributed by atoms with van der Waals surface area (Å²) in [6, 6.07) is 19.9. The van der Waals surface area contributed by atoms with Gasteiger partial charge in [0, 0.05) is 16.7 Å². The molecule has 0 atom stereocenters. The fourth-order valence-corrected chi connectivity index (χ4v) is 5.73. The number of nitrogens with one attached hydrogen (secondary N) is 2. The lowest BCUT2D eigenvalue weighted by molar-refractivity contribution is -0.116. The van der Waals surface area contributed by atoms with Crippen LogP contribution in [0, 0.1) is 6.92 Å². The molecule has 0 saturated carbocycles. The number of amides is 1. The van der Waals surface area contributed by atoms with E-state index in [4.69, 9.17) is 0 Å². The molecule has 0 radical (unpaired) electrons. The molecule has 0 spiro atoms. The normalized spacial score (nSPS) is 12.0. The van der Waals surface area contributed by atoms with Gasteiger partial charge in [-0.3, -0.25) is 4.79 Å². The Labute approximate surface area is 214 Å². The summed E-state index contributed by atoms with van der Waals surface area (Å²) in [5.74, 6) is -0.583. The molecule has 1 amide bonds. The van der Waals surface area contributed by atoms with Crippen LogP contribution in [0.25, 0.3) is 0 Å². The molecule has 3 aromatic carbocycles. The number of nitrogens with zero attached hydrogens (tertiary/aromatic N) is 1. The molecule has 0 saturated heterocycles. The summed E-state index contributed by atoms with van der Waals surface area (Å²) in [7, 11) is -6.39. The van der Waals surface area contributed by atoms with Crippen LogP contribution >= 0.6 is 15.9 Å². The van der Waals surface area contributed by atoms with Crippen LogP contribution in [0.3, 0.4) is 0 Å². The van der Waals surface area contributed by atoms with Crippen LogP contribution in [0.2, 0.25) is 0 Å². The number of anilines is 1. The minimum Gasteiger partial charge on any atom is -0.325 e. The molecule has 3 aromatic rings. The maximum Gasteiger partial charge on any atom is 0.243 e. The number of aryl methyl sites for hydroxylation is 1. The number of carbonyl (C=O) groups is 1. The lowest BCUT2D eigenvalue weighted by atomic mass is 10.1. The van der Waals surface area contributed by atoms with E-state index in [2.05, 4.69) is 26.0 Å². The van der Waals surface area contributed by atoms with Crippen LogP contribution < -0.4 is 10.0 Å². The van der Waals surface area contributed by atoms with E-state index < -0.39 is 32.5 Å². The Hall–Kier alpha value is -2.57. The van der Waals surface area contributed by atoms with Crippen molar-refractivity contribution >= 4 is 47.6 Å². The molecule has 0 aliphatic heterocycles. The minimum atomic E-state index is -3.98. The Morgan fingerprint density at radius 2 is 1.54 bits per heavy atom. The van der Waals surface area contributed by atoms with Gasteiger partial charge in [0.15, 0.2) is 0 Å². The van der Waals surface area contributed by atoms with Gasteiger partial charge in [0.1, 0.15) is 0 Å². The monoisotopic (exact) mass is 579 g/mol. The van der Waals surface area contributed by atoms with Gasteiger partial charge in [0.25, 0.3) is 0 Å². The second kappa shape index (κ2) is 11.4. The molecule has 11 heteroatoms. The number of hydrogen-bond acceptors (Lipinski definition) is 5. The summed E-state index contributed by atoms with van der Waals surface area (Å²) in [6.45, 7) is 1.37. The SMILES string of the molecule is CNS(=O)(=O)c1ccc(C)c(NC(=O)CN(CCc2ccccc2)S(=O)(=O)c2ccc(Br)cc2)c1. The number of halogens is 1. The standard InChI is InChI=1S/C24H26BrN3O5S2/c1-18-8-11-22(34(30,31)26-2)16-23(18)27-24(29)17-28(15-14-19-6-4-3-5-7-19)35(32,33)21-12-9-20(25)10-13-21/h3-13,16,26H,14-15,17H2,1-2H3,(H,27,29). The Bertz CT molecular complexity index is 1390. The van der Waals surface area contributed by atoms with E-state index in [0.717, 1.165) is 14.3 Å². The summed E-state index contributed by atoms with van der Waals surface area (Å²) in [5.41, 5.74) is 1.86. The fraction of sp³-hybridized carbons (Fsp3) is 0.208. The van der Waals surface area contributed by atoms with E-state index in [1.165, 1.54) is 31.3 Å². The van der Waals surface area contributed by atoms with Gasteiger partial charge in [0.05, 0.1) is 16.3 Å². The molecule has 0 bridgehead atoms. The molecule has 2 N–H and O–H groups in total. The average Bonchev–Trinajstić information content (AvgIpc) is 2.83. The van der Waals surface area contributed by atoms with Crippen LogP contribution in [0.5, 0.6) is 0 Å². The van der Waals surface area contributed by atoms with Gasteiger partial charge in [0.2, 0.25) is 26.0 Å². The smallest absolute Gasteiger partial charge is 0.243 e. The van der Waals surface area contributed by atoms with Crippen molar-refractivity contribution in [1.29, 1.82) is 0 Å². The van der Waals surface area contributed by atoms with Gasteiger partial charge >= 0.3 is 0 Å². The molecular weight excluding hydrogens is 554 g/mol. The van der Waals surface area contributed by atoms with Gasteiger partial charge < -0.3 is 5.32 Å². The zero-order valence-electron chi connectivity index (χ0n) is 19.2. The highest BCUT2D eigenvalue weighted by atomic mass is 79.9. The molecule has 0 aliphatic rings. The van der Waals surface area contributed by atoms with Crippen molar-refractivity contribution < 1.29 is 21.6 Å². The van der Waals surface area contributed by atoms with Crippen molar-refractivity contribution in [3.63, 3.8) is 0 Å². The van der Waals surface area contributed by atoms with Crippen LogP contribution in [0.15, 0.2) is 87.1 Å². The van der Waals surface area contributed by atoms with E-state index in [1.807, 2.05) is 30.3 Å². The highest BCUT2D eigenvalue weighted by Gasteiger charge is 2.27.